The summed E-state index contributed by atoms with van der Waals surface area (Å²) in [7, 11) is 0. The molecule has 0 amide bonds. The minimum Gasteiger partial charge on any atom is -0.436 e. The maximum Gasteiger partial charge on any atom is 0.246 e. The van der Waals surface area contributed by atoms with Crippen molar-refractivity contribution >= 4 is 55.5 Å². The molecule has 6 nitrogen and oxygen atoms in total. The molecule has 2 aliphatic carbocycles. The van der Waals surface area contributed by atoms with E-state index in [0.717, 1.165) is 61.5 Å². The van der Waals surface area contributed by atoms with Gasteiger partial charge >= 0.3 is 0 Å². The fourth-order valence-electron chi connectivity index (χ4n) is 10.1. The third-order valence-corrected chi connectivity index (χ3v) is 12.6. The van der Waals surface area contributed by atoms with Crippen molar-refractivity contribution in [3.8, 4) is 28.2 Å². The lowest BCUT2D eigenvalue weighted by Crippen LogP contribution is -2.32. The van der Waals surface area contributed by atoms with E-state index in [0.29, 0.717) is 29.4 Å². The number of fused-ring (bicyclic) bond motifs is 10. The van der Waals surface area contributed by atoms with E-state index in [4.69, 9.17) is 19.4 Å². The SMILES string of the molecule is CC1C=CC=C2C=C3C(c4ccccc4N3c3ccc(-c4nc5oc6ccccc6c5nc4-c4ccc5c6ccccc6n(-c6ccccc6)c5c4)cn3)C(C)C21. The molecule has 0 radical (unpaired) electrons. The predicted octanol–water partition coefficient (Wildman–Crippen LogP) is 12.7. The molecule has 0 bridgehead atoms. The maximum absolute atomic E-state index is 6.33. The van der Waals surface area contributed by atoms with Gasteiger partial charge in [0.2, 0.25) is 5.71 Å². The summed E-state index contributed by atoms with van der Waals surface area (Å²) < 4.78 is 8.67. The molecule has 5 aromatic carbocycles. The Kier molecular flexibility index (Phi) is 6.91. The van der Waals surface area contributed by atoms with E-state index in [9.17, 15) is 0 Å². The van der Waals surface area contributed by atoms with Crippen molar-refractivity contribution < 1.29 is 4.42 Å². The molecule has 4 aromatic heterocycles. The summed E-state index contributed by atoms with van der Waals surface area (Å²) in [5.41, 5.74) is 14.0. The van der Waals surface area contributed by atoms with Gasteiger partial charge in [0.25, 0.3) is 0 Å². The lowest BCUT2D eigenvalue weighted by atomic mass is 9.65. The van der Waals surface area contributed by atoms with Crippen LogP contribution in [0.4, 0.5) is 11.5 Å². The van der Waals surface area contributed by atoms with Gasteiger partial charge in [0.1, 0.15) is 22.6 Å². The maximum atomic E-state index is 6.33. The largest absolute Gasteiger partial charge is 0.436 e. The van der Waals surface area contributed by atoms with E-state index in [1.54, 1.807) is 0 Å². The van der Waals surface area contributed by atoms with Crippen LogP contribution in [0.2, 0.25) is 0 Å². The Morgan fingerprint density at radius 2 is 1.42 bits per heavy atom. The highest BCUT2D eigenvalue weighted by atomic mass is 16.3. The Morgan fingerprint density at radius 3 is 2.30 bits per heavy atom. The molecule has 6 heteroatoms. The second-order valence-corrected chi connectivity index (χ2v) is 15.7. The van der Waals surface area contributed by atoms with Gasteiger partial charge in [0.15, 0.2) is 0 Å². The second-order valence-electron chi connectivity index (χ2n) is 15.7. The summed E-state index contributed by atoms with van der Waals surface area (Å²) >= 11 is 0. The van der Waals surface area contributed by atoms with Gasteiger partial charge in [-0.15, -0.1) is 0 Å². The zero-order valence-electron chi connectivity index (χ0n) is 31.5. The van der Waals surface area contributed by atoms with E-state index in [1.165, 1.54) is 33.3 Å². The van der Waals surface area contributed by atoms with Crippen LogP contribution in [0, 0.1) is 17.8 Å². The van der Waals surface area contributed by atoms with Gasteiger partial charge < -0.3 is 8.98 Å². The number of hydrogen-bond acceptors (Lipinski definition) is 5. The molecule has 1 aliphatic heterocycles. The number of benzene rings is 5. The monoisotopic (exact) mass is 735 g/mol. The first kappa shape index (κ1) is 32.2. The van der Waals surface area contributed by atoms with Crippen LogP contribution in [-0.4, -0.2) is 19.5 Å². The van der Waals surface area contributed by atoms with Crippen LogP contribution in [0.3, 0.4) is 0 Å². The van der Waals surface area contributed by atoms with Gasteiger partial charge in [-0.2, -0.15) is 0 Å². The molecule has 0 saturated carbocycles. The first-order valence-corrected chi connectivity index (χ1v) is 19.8. The summed E-state index contributed by atoms with van der Waals surface area (Å²) in [6.07, 6.45) is 11.2. The average Bonchev–Trinajstić information content (AvgIpc) is 3.90. The number of para-hydroxylation sites is 4. The average molecular weight is 736 g/mol. The van der Waals surface area contributed by atoms with E-state index in [2.05, 4.69) is 163 Å². The topological polar surface area (TPSA) is 60.0 Å². The number of pyridine rings is 1. The van der Waals surface area contributed by atoms with Crippen LogP contribution in [0.5, 0.6) is 0 Å². The highest BCUT2D eigenvalue weighted by molar-refractivity contribution is 6.10. The predicted molar refractivity (Wildman–Crippen MR) is 231 cm³/mol. The summed E-state index contributed by atoms with van der Waals surface area (Å²) in [5.74, 6) is 2.63. The lowest BCUT2D eigenvalue weighted by Gasteiger charge is -2.40. The van der Waals surface area contributed by atoms with Gasteiger partial charge in [-0.05, 0) is 89.6 Å². The Bertz CT molecular complexity index is 3190. The minimum absolute atomic E-state index is 0.299. The fraction of sp³-hybridized carbons (Fsp3) is 0.118. The highest BCUT2D eigenvalue weighted by Gasteiger charge is 2.45. The molecule has 272 valence electrons. The number of nitrogens with zero attached hydrogens (tertiary/aromatic N) is 5. The molecule has 0 saturated heterocycles. The first-order chi connectivity index (χ1) is 28.1. The van der Waals surface area contributed by atoms with Gasteiger partial charge in [-0.25, -0.2) is 15.0 Å². The summed E-state index contributed by atoms with van der Waals surface area (Å²) in [4.78, 5) is 18.2. The van der Waals surface area contributed by atoms with E-state index >= 15 is 0 Å². The standard InChI is InChI=1S/C51H37N5O/c1-30-13-12-14-32-27-43-47(31(2)46(30)32)38-18-7-10-21-41(38)56(43)45-26-24-34(29-52-45)49-48(53-50-39-19-8-11-22-44(39)57-51(50)54-49)33-23-25-37-36-17-6-9-20-40(36)55(42(37)28-33)35-15-4-3-5-16-35/h3-31,46-47H,1-2H3. The molecular weight excluding hydrogens is 699 g/mol. The number of aromatic nitrogens is 4. The van der Waals surface area contributed by atoms with Gasteiger partial charge in [0.05, 0.1) is 22.4 Å². The Balaban J connectivity index is 1.03. The van der Waals surface area contributed by atoms with Crippen molar-refractivity contribution in [1.82, 2.24) is 19.5 Å². The summed E-state index contributed by atoms with van der Waals surface area (Å²) in [6, 6.07) is 47.0. The zero-order valence-corrected chi connectivity index (χ0v) is 31.5. The summed E-state index contributed by atoms with van der Waals surface area (Å²) in [5, 5.41) is 3.34. The van der Waals surface area contributed by atoms with Crippen LogP contribution in [0.25, 0.3) is 72.2 Å². The van der Waals surface area contributed by atoms with Gasteiger partial charge in [0, 0.05) is 50.8 Å². The van der Waals surface area contributed by atoms with Crippen molar-refractivity contribution in [2.45, 2.75) is 19.8 Å². The number of rotatable bonds is 4. The normalized spacial score (nSPS) is 19.9. The molecule has 57 heavy (non-hydrogen) atoms. The summed E-state index contributed by atoms with van der Waals surface area (Å²) in [6.45, 7) is 4.77. The van der Waals surface area contributed by atoms with Gasteiger partial charge in [-0.1, -0.05) is 111 Å². The number of hydrogen-bond donors (Lipinski definition) is 0. The molecule has 0 fully saturated rings. The Labute approximate surface area is 329 Å². The second kappa shape index (κ2) is 12.2. The molecule has 9 aromatic rings. The lowest BCUT2D eigenvalue weighted by molar-refractivity contribution is 0.304. The molecule has 4 atom stereocenters. The number of anilines is 2. The van der Waals surface area contributed by atoms with Crippen molar-refractivity contribution in [1.29, 1.82) is 0 Å². The third kappa shape index (κ3) is 4.74. The third-order valence-electron chi connectivity index (χ3n) is 12.6. The molecule has 5 heterocycles. The van der Waals surface area contributed by atoms with E-state index in [-0.39, 0.29) is 0 Å². The molecule has 4 unspecified atom stereocenters. The molecular formula is C51H37N5O. The number of furan rings is 1. The van der Waals surface area contributed by atoms with E-state index < -0.39 is 0 Å². The van der Waals surface area contributed by atoms with Crippen molar-refractivity contribution in [2.24, 2.45) is 17.8 Å². The van der Waals surface area contributed by atoms with Crippen LogP contribution < -0.4 is 4.90 Å². The molecule has 3 aliphatic rings. The van der Waals surface area contributed by atoms with Crippen LogP contribution in [0.1, 0.15) is 25.3 Å². The molecule has 0 spiro atoms. The Morgan fingerprint density at radius 1 is 0.667 bits per heavy atom. The first-order valence-electron chi connectivity index (χ1n) is 19.8. The van der Waals surface area contributed by atoms with E-state index in [1.807, 2.05) is 24.4 Å². The molecule has 12 rings (SSSR count). The van der Waals surface area contributed by atoms with Crippen molar-refractivity contribution in [3.63, 3.8) is 0 Å². The van der Waals surface area contributed by atoms with Crippen LogP contribution >= 0.6 is 0 Å². The minimum atomic E-state index is 0.299. The molecule has 0 N–H and O–H groups in total. The highest BCUT2D eigenvalue weighted by Crippen LogP contribution is 2.57. The van der Waals surface area contributed by atoms with Crippen LogP contribution in [-0.2, 0) is 0 Å². The zero-order chi connectivity index (χ0) is 37.8. The quantitative estimate of drug-likeness (QED) is 0.180. The van der Waals surface area contributed by atoms with Crippen LogP contribution in [0.15, 0.2) is 180 Å². The smallest absolute Gasteiger partial charge is 0.246 e. The number of allylic oxidation sites excluding steroid dienone is 6. The van der Waals surface area contributed by atoms with Crippen molar-refractivity contribution in [3.05, 3.63) is 181 Å². The van der Waals surface area contributed by atoms with Crippen molar-refractivity contribution in [2.75, 3.05) is 4.90 Å². The Hall–Kier alpha value is -7.05. The van der Waals surface area contributed by atoms with Gasteiger partial charge in [-0.3, -0.25) is 4.90 Å². The fourth-order valence-corrected chi connectivity index (χ4v) is 10.1.